The highest BCUT2D eigenvalue weighted by Crippen LogP contribution is 2.16. The predicted octanol–water partition coefficient (Wildman–Crippen LogP) is 2.00. The van der Waals surface area contributed by atoms with E-state index in [1.807, 2.05) is 6.92 Å². The molecular formula is C20H25N3O5S. The number of nitrogens with one attached hydrogen (secondary N) is 2. The van der Waals surface area contributed by atoms with Gasteiger partial charge in [0.1, 0.15) is 5.75 Å². The molecule has 0 aliphatic rings. The second-order valence-electron chi connectivity index (χ2n) is 6.43. The van der Waals surface area contributed by atoms with Crippen molar-refractivity contribution < 1.29 is 22.7 Å². The molecule has 0 bridgehead atoms. The molecule has 9 heteroatoms. The molecule has 0 heterocycles. The molecule has 29 heavy (non-hydrogen) atoms. The van der Waals surface area contributed by atoms with Gasteiger partial charge in [0.05, 0.1) is 25.1 Å². The first kappa shape index (κ1) is 22.4. The third-order valence-electron chi connectivity index (χ3n) is 4.10. The van der Waals surface area contributed by atoms with Gasteiger partial charge >= 0.3 is 0 Å². The number of carbonyl (C=O) groups excluding carboxylic acids is 2. The quantitative estimate of drug-likeness (QED) is 0.644. The Labute approximate surface area is 170 Å². The molecule has 0 aromatic heterocycles. The molecule has 0 aliphatic heterocycles. The number of anilines is 2. The average molecular weight is 420 g/mol. The lowest BCUT2D eigenvalue weighted by molar-refractivity contribution is -0.119. The maximum absolute atomic E-state index is 12.3. The lowest BCUT2D eigenvalue weighted by Crippen LogP contribution is -2.38. The third kappa shape index (κ3) is 7.20. The molecule has 2 aromatic carbocycles. The Balaban J connectivity index is 1.91. The molecule has 2 rings (SSSR count). The van der Waals surface area contributed by atoms with Gasteiger partial charge in [0.25, 0.3) is 0 Å². The number of sulfone groups is 1. The number of carbonyl (C=O) groups is 2. The highest BCUT2D eigenvalue weighted by molar-refractivity contribution is 7.90. The van der Waals surface area contributed by atoms with E-state index in [4.69, 9.17) is 4.74 Å². The summed E-state index contributed by atoms with van der Waals surface area (Å²) in [6.07, 6.45) is 1.11. The first-order valence-corrected chi connectivity index (χ1v) is 10.9. The second-order valence-corrected chi connectivity index (χ2v) is 8.44. The lowest BCUT2D eigenvalue weighted by Gasteiger charge is -2.19. The van der Waals surface area contributed by atoms with Gasteiger partial charge in [-0.25, -0.2) is 8.42 Å². The molecule has 2 amide bonds. The summed E-state index contributed by atoms with van der Waals surface area (Å²) in [5.41, 5.74) is 1.02. The number of ether oxygens (including phenoxy) is 1. The van der Waals surface area contributed by atoms with Gasteiger partial charge in [-0.15, -0.1) is 0 Å². The summed E-state index contributed by atoms with van der Waals surface area (Å²) in [7, 11) is -1.80. The van der Waals surface area contributed by atoms with E-state index in [0.29, 0.717) is 23.7 Å². The Morgan fingerprint density at radius 2 is 1.55 bits per heavy atom. The summed E-state index contributed by atoms with van der Waals surface area (Å²) in [5.74, 6) is 0.105. The SMILES string of the molecule is CCN(CC(=O)Nc1ccc(OC)cc1)CC(=O)Nc1cccc(S(C)(=O)=O)c1. The summed E-state index contributed by atoms with van der Waals surface area (Å²) < 4.78 is 28.3. The van der Waals surface area contributed by atoms with Gasteiger partial charge in [-0.05, 0) is 49.0 Å². The second kappa shape index (κ2) is 10.0. The molecule has 0 fully saturated rings. The fourth-order valence-corrected chi connectivity index (χ4v) is 3.23. The van der Waals surface area contributed by atoms with Crippen molar-refractivity contribution in [2.75, 3.05) is 43.6 Å². The van der Waals surface area contributed by atoms with E-state index >= 15 is 0 Å². The largest absolute Gasteiger partial charge is 0.497 e. The van der Waals surface area contributed by atoms with Gasteiger partial charge in [-0.1, -0.05) is 13.0 Å². The molecule has 2 aromatic rings. The molecule has 0 radical (unpaired) electrons. The van der Waals surface area contributed by atoms with Crippen LogP contribution in [-0.4, -0.2) is 58.1 Å². The Bertz CT molecular complexity index is 958. The van der Waals surface area contributed by atoms with Crippen LogP contribution in [0.15, 0.2) is 53.4 Å². The minimum Gasteiger partial charge on any atom is -0.497 e. The first-order valence-electron chi connectivity index (χ1n) is 8.97. The van der Waals surface area contributed by atoms with Crippen molar-refractivity contribution in [2.45, 2.75) is 11.8 Å². The Morgan fingerprint density at radius 3 is 2.07 bits per heavy atom. The summed E-state index contributed by atoms with van der Waals surface area (Å²) in [4.78, 5) is 26.4. The van der Waals surface area contributed by atoms with Gasteiger partial charge in [-0.2, -0.15) is 0 Å². The summed E-state index contributed by atoms with van der Waals surface area (Å²) in [6, 6.07) is 13.0. The van der Waals surface area contributed by atoms with Gasteiger partial charge < -0.3 is 15.4 Å². The van der Waals surface area contributed by atoms with Crippen molar-refractivity contribution in [3.8, 4) is 5.75 Å². The number of likely N-dealkylation sites (N-methyl/N-ethyl adjacent to an activating group) is 1. The molecule has 2 N–H and O–H groups in total. The van der Waals surface area contributed by atoms with Crippen LogP contribution in [0, 0.1) is 0 Å². The molecule has 0 spiro atoms. The van der Waals surface area contributed by atoms with Crippen molar-refractivity contribution in [3.63, 3.8) is 0 Å². The minimum atomic E-state index is -3.36. The number of methoxy groups -OCH3 is 1. The fraction of sp³-hybridized carbons (Fsp3) is 0.300. The molecule has 0 saturated heterocycles. The van der Waals surface area contributed by atoms with Crippen molar-refractivity contribution in [1.82, 2.24) is 4.90 Å². The van der Waals surface area contributed by atoms with E-state index in [0.717, 1.165) is 6.26 Å². The van der Waals surface area contributed by atoms with Gasteiger partial charge in [-0.3, -0.25) is 14.5 Å². The van der Waals surface area contributed by atoms with E-state index in [-0.39, 0.29) is 29.8 Å². The number of amides is 2. The zero-order valence-corrected chi connectivity index (χ0v) is 17.5. The van der Waals surface area contributed by atoms with E-state index in [1.54, 1.807) is 48.4 Å². The molecule has 0 unspecified atom stereocenters. The van der Waals surface area contributed by atoms with E-state index in [9.17, 15) is 18.0 Å². The standard InChI is InChI=1S/C20H25N3O5S/c1-4-23(13-19(24)21-15-8-10-17(28-2)11-9-15)14-20(25)22-16-6-5-7-18(12-16)29(3,26)27/h5-12H,4,13-14H2,1-3H3,(H,21,24)(H,22,25). The Morgan fingerprint density at radius 1 is 0.966 bits per heavy atom. The summed E-state index contributed by atoms with van der Waals surface area (Å²) in [5, 5.41) is 5.43. The summed E-state index contributed by atoms with van der Waals surface area (Å²) in [6.45, 7) is 2.38. The predicted molar refractivity (Wildman–Crippen MR) is 112 cm³/mol. The van der Waals surface area contributed by atoms with Gasteiger partial charge in [0.2, 0.25) is 11.8 Å². The normalized spacial score (nSPS) is 11.2. The smallest absolute Gasteiger partial charge is 0.238 e. The molecule has 0 aliphatic carbocycles. The van der Waals surface area contributed by atoms with Crippen LogP contribution >= 0.6 is 0 Å². The fourth-order valence-electron chi connectivity index (χ4n) is 2.57. The van der Waals surface area contributed by atoms with Crippen LogP contribution in [0.25, 0.3) is 0 Å². The average Bonchev–Trinajstić information content (AvgIpc) is 2.67. The number of benzene rings is 2. The van der Waals surface area contributed by atoms with Crippen LogP contribution in [-0.2, 0) is 19.4 Å². The van der Waals surface area contributed by atoms with Crippen LogP contribution in [0.1, 0.15) is 6.92 Å². The molecule has 156 valence electrons. The molecule has 0 atom stereocenters. The topological polar surface area (TPSA) is 105 Å². The van der Waals surface area contributed by atoms with Crippen molar-refractivity contribution in [3.05, 3.63) is 48.5 Å². The summed E-state index contributed by atoms with van der Waals surface area (Å²) >= 11 is 0. The zero-order chi connectivity index (χ0) is 21.4. The van der Waals surface area contributed by atoms with Crippen LogP contribution < -0.4 is 15.4 Å². The first-order chi connectivity index (χ1) is 13.7. The van der Waals surface area contributed by atoms with Crippen molar-refractivity contribution >= 4 is 33.0 Å². The van der Waals surface area contributed by atoms with Crippen molar-refractivity contribution in [2.24, 2.45) is 0 Å². The number of nitrogens with zero attached hydrogens (tertiary/aromatic N) is 1. The Hall–Kier alpha value is -2.91. The Kier molecular flexibility index (Phi) is 7.74. The molecular weight excluding hydrogens is 394 g/mol. The monoisotopic (exact) mass is 419 g/mol. The van der Waals surface area contributed by atoms with Crippen molar-refractivity contribution in [1.29, 1.82) is 0 Å². The molecule has 0 saturated carbocycles. The van der Waals surface area contributed by atoms with Gasteiger partial charge in [0.15, 0.2) is 9.84 Å². The van der Waals surface area contributed by atoms with Crippen LogP contribution in [0.4, 0.5) is 11.4 Å². The third-order valence-corrected chi connectivity index (χ3v) is 5.21. The molecule has 8 nitrogen and oxygen atoms in total. The number of hydrogen-bond acceptors (Lipinski definition) is 6. The highest BCUT2D eigenvalue weighted by Gasteiger charge is 2.14. The lowest BCUT2D eigenvalue weighted by atomic mass is 10.3. The van der Waals surface area contributed by atoms with Crippen LogP contribution in [0.5, 0.6) is 5.75 Å². The van der Waals surface area contributed by atoms with E-state index in [1.165, 1.54) is 12.1 Å². The highest BCUT2D eigenvalue weighted by atomic mass is 32.2. The number of hydrogen-bond donors (Lipinski definition) is 2. The van der Waals surface area contributed by atoms with Gasteiger partial charge in [0, 0.05) is 17.6 Å². The number of rotatable bonds is 9. The maximum atomic E-state index is 12.3. The minimum absolute atomic E-state index is 0.00433. The van der Waals surface area contributed by atoms with Crippen LogP contribution in [0.3, 0.4) is 0 Å². The van der Waals surface area contributed by atoms with Crippen LogP contribution in [0.2, 0.25) is 0 Å². The maximum Gasteiger partial charge on any atom is 0.238 e. The van der Waals surface area contributed by atoms with E-state index < -0.39 is 9.84 Å². The van der Waals surface area contributed by atoms with E-state index in [2.05, 4.69) is 10.6 Å². The zero-order valence-electron chi connectivity index (χ0n) is 16.6.